The Labute approximate surface area is 84.4 Å². The molecule has 0 aromatic carbocycles. The molecule has 0 nitrogen and oxygen atoms in total. The summed E-state index contributed by atoms with van der Waals surface area (Å²) in [5.74, 6) is 0. The Bertz CT molecular complexity index is 125. The SMILES string of the molecule is CCCCCC/C=C\CC(C)(C)C. The van der Waals surface area contributed by atoms with Crippen LogP contribution < -0.4 is 0 Å². The zero-order valence-electron chi connectivity index (χ0n) is 9.90. The molecule has 0 N–H and O–H groups in total. The molecule has 0 aliphatic carbocycles. The van der Waals surface area contributed by atoms with E-state index in [4.69, 9.17) is 0 Å². The maximum absolute atomic E-state index is 2.35. The molecule has 0 bridgehead atoms. The van der Waals surface area contributed by atoms with Gasteiger partial charge in [0.15, 0.2) is 0 Å². The predicted octanol–water partition coefficient (Wildman–Crippen LogP) is 4.95. The maximum Gasteiger partial charge on any atom is -0.0302 e. The van der Waals surface area contributed by atoms with Crippen LogP contribution in [0.1, 0.15) is 66.2 Å². The van der Waals surface area contributed by atoms with E-state index in [0.717, 1.165) is 0 Å². The van der Waals surface area contributed by atoms with Crippen LogP contribution in [0.4, 0.5) is 0 Å². The molecule has 0 heterocycles. The van der Waals surface area contributed by atoms with E-state index in [1.807, 2.05) is 0 Å². The predicted molar refractivity (Wildman–Crippen MR) is 62.0 cm³/mol. The highest BCUT2D eigenvalue weighted by molar-refractivity contribution is 4.85. The van der Waals surface area contributed by atoms with Crippen LogP contribution in [0.2, 0.25) is 0 Å². The van der Waals surface area contributed by atoms with Gasteiger partial charge in [0.25, 0.3) is 0 Å². The summed E-state index contributed by atoms with van der Waals surface area (Å²) < 4.78 is 0. The van der Waals surface area contributed by atoms with Gasteiger partial charge in [0.2, 0.25) is 0 Å². The zero-order chi connectivity index (χ0) is 10.2. The molecule has 0 fully saturated rings. The fourth-order valence-electron chi connectivity index (χ4n) is 1.24. The van der Waals surface area contributed by atoms with Gasteiger partial charge in [-0.3, -0.25) is 0 Å². The van der Waals surface area contributed by atoms with Gasteiger partial charge in [0.1, 0.15) is 0 Å². The fourth-order valence-corrected chi connectivity index (χ4v) is 1.24. The highest BCUT2D eigenvalue weighted by Gasteiger charge is 2.05. The summed E-state index contributed by atoms with van der Waals surface area (Å²) in [5.41, 5.74) is 0.458. The Morgan fingerprint density at radius 2 is 1.62 bits per heavy atom. The zero-order valence-corrected chi connectivity index (χ0v) is 9.90. The summed E-state index contributed by atoms with van der Waals surface area (Å²) in [5, 5.41) is 0. The first-order valence-electron chi connectivity index (χ1n) is 5.71. The normalized spacial score (nSPS) is 12.6. The highest BCUT2D eigenvalue weighted by atomic mass is 14.1. The van der Waals surface area contributed by atoms with Crippen LogP contribution in [0.15, 0.2) is 12.2 Å². The van der Waals surface area contributed by atoms with Gasteiger partial charge < -0.3 is 0 Å². The van der Waals surface area contributed by atoms with Crippen molar-refractivity contribution in [1.29, 1.82) is 0 Å². The van der Waals surface area contributed by atoms with E-state index < -0.39 is 0 Å². The van der Waals surface area contributed by atoms with E-state index in [0.29, 0.717) is 5.41 Å². The molecule has 0 rings (SSSR count). The molecule has 0 aliphatic heterocycles. The largest absolute Gasteiger partial charge is 0.0885 e. The van der Waals surface area contributed by atoms with Gasteiger partial charge in [0.05, 0.1) is 0 Å². The standard InChI is InChI=1S/C13H26/c1-5-6-7-8-9-10-11-12-13(2,3)4/h10-11H,5-9,12H2,1-4H3/b11-10-. The summed E-state index contributed by atoms with van der Waals surface area (Å²) in [6, 6.07) is 0. The average molecular weight is 182 g/mol. The van der Waals surface area contributed by atoms with Crippen molar-refractivity contribution in [2.75, 3.05) is 0 Å². The van der Waals surface area contributed by atoms with Gasteiger partial charge in [0, 0.05) is 0 Å². The molecule has 0 unspecified atom stereocenters. The third kappa shape index (κ3) is 11.7. The van der Waals surface area contributed by atoms with Crippen molar-refractivity contribution in [1.82, 2.24) is 0 Å². The number of allylic oxidation sites excluding steroid dienone is 2. The Morgan fingerprint density at radius 1 is 0.923 bits per heavy atom. The Balaban J connectivity index is 3.22. The minimum Gasteiger partial charge on any atom is -0.0885 e. The molecule has 0 aromatic heterocycles. The van der Waals surface area contributed by atoms with E-state index in [9.17, 15) is 0 Å². The monoisotopic (exact) mass is 182 g/mol. The molecule has 13 heavy (non-hydrogen) atoms. The molecule has 0 radical (unpaired) electrons. The van der Waals surface area contributed by atoms with Gasteiger partial charge in [-0.1, -0.05) is 59.1 Å². The molecule has 78 valence electrons. The van der Waals surface area contributed by atoms with Gasteiger partial charge >= 0.3 is 0 Å². The van der Waals surface area contributed by atoms with Crippen molar-refractivity contribution in [2.45, 2.75) is 66.2 Å². The summed E-state index contributed by atoms with van der Waals surface area (Å²) in [7, 11) is 0. The van der Waals surface area contributed by atoms with E-state index in [1.54, 1.807) is 0 Å². The lowest BCUT2D eigenvalue weighted by atomic mass is 9.92. The van der Waals surface area contributed by atoms with Crippen LogP contribution in [0.25, 0.3) is 0 Å². The third-order valence-corrected chi connectivity index (χ3v) is 2.12. The average Bonchev–Trinajstić information content (AvgIpc) is 2.01. The quantitative estimate of drug-likeness (QED) is 0.403. The molecule has 0 saturated carbocycles. The number of rotatable bonds is 6. The van der Waals surface area contributed by atoms with Crippen molar-refractivity contribution >= 4 is 0 Å². The molecule has 0 heteroatoms. The van der Waals surface area contributed by atoms with Gasteiger partial charge in [-0.25, -0.2) is 0 Å². The lowest BCUT2D eigenvalue weighted by Gasteiger charge is -2.14. The van der Waals surface area contributed by atoms with Crippen molar-refractivity contribution in [2.24, 2.45) is 5.41 Å². The van der Waals surface area contributed by atoms with Crippen molar-refractivity contribution < 1.29 is 0 Å². The fraction of sp³-hybridized carbons (Fsp3) is 0.846. The Kier molecular flexibility index (Phi) is 7.03. The minimum absolute atomic E-state index is 0.458. The van der Waals surface area contributed by atoms with Crippen LogP contribution >= 0.6 is 0 Å². The summed E-state index contributed by atoms with van der Waals surface area (Å²) in [6.45, 7) is 9.12. The van der Waals surface area contributed by atoms with Crippen molar-refractivity contribution in [3.05, 3.63) is 12.2 Å². The second kappa shape index (κ2) is 7.17. The van der Waals surface area contributed by atoms with E-state index >= 15 is 0 Å². The lowest BCUT2D eigenvalue weighted by Crippen LogP contribution is -2.01. The maximum atomic E-state index is 2.35. The van der Waals surface area contributed by atoms with Crippen molar-refractivity contribution in [3.63, 3.8) is 0 Å². The highest BCUT2D eigenvalue weighted by Crippen LogP contribution is 2.18. The molecule has 0 spiro atoms. The summed E-state index contributed by atoms with van der Waals surface area (Å²) in [6.07, 6.45) is 12.7. The molecule has 0 amide bonds. The summed E-state index contributed by atoms with van der Waals surface area (Å²) >= 11 is 0. The number of hydrogen-bond acceptors (Lipinski definition) is 0. The second-order valence-corrected chi connectivity index (χ2v) is 5.09. The molecular formula is C13H26. The molecule has 0 saturated heterocycles. The minimum atomic E-state index is 0.458. The Hall–Kier alpha value is -0.260. The van der Waals surface area contributed by atoms with Crippen LogP contribution in [0.3, 0.4) is 0 Å². The smallest absolute Gasteiger partial charge is 0.0302 e. The molecule has 0 atom stereocenters. The van der Waals surface area contributed by atoms with Gasteiger partial charge in [-0.15, -0.1) is 0 Å². The van der Waals surface area contributed by atoms with Crippen LogP contribution in [0, 0.1) is 5.41 Å². The van der Waals surface area contributed by atoms with Gasteiger partial charge in [-0.05, 0) is 24.7 Å². The molecular weight excluding hydrogens is 156 g/mol. The van der Waals surface area contributed by atoms with E-state index in [1.165, 1.54) is 38.5 Å². The first-order valence-corrected chi connectivity index (χ1v) is 5.71. The first kappa shape index (κ1) is 12.7. The van der Waals surface area contributed by atoms with E-state index in [-0.39, 0.29) is 0 Å². The number of unbranched alkanes of at least 4 members (excludes halogenated alkanes) is 4. The molecule has 0 aromatic rings. The molecule has 0 aliphatic rings. The van der Waals surface area contributed by atoms with Crippen molar-refractivity contribution in [3.8, 4) is 0 Å². The van der Waals surface area contributed by atoms with Crippen LogP contribution in [-0.2, 0) is 0 Å². The summed E-state index contributed by atoms with van der Waals surface area (Å²) in [4.78, 5) is 0. The number of hydrogen-bond donors (Lipinski definition) is 0. The van der Waals surface area contributed by atoms with Crippen LogP contribution in [-0.4, -0.2) is 0 Å². The third-order valence-electron chi connectivity index (χ3n) is 2.12. The first-order chi connectivity index (χ1) is 6.06. The Morgan fingerprint density at radius 3 is 2.15 bits per heavy atom. The van der Waals surface area contributed by atoms with Crippen LogP contribution in [0.5, 0.6) is 0 Å². The van der Waals surface area contributed by atoms with E-state index in [2.05, 4.69) is 39.8 Å². The van der Waals surface area contributed by atoms with Gasteiger partial charge in [-0.2, -0.15) is 0 Å². The topological polar surface area (TPSA) is 0 Å². The lowest BCUT2D eigenvalue weighted by molar-refractivity contribution is 0.420. The second-order valence-electron chi connectivity index (χ2n) is 5.09.